The van der Waals surface area contributed by atoms with Crippen molar-refractivity contribution in [2.24, 2.45) is 0 Å². The number of halogens is 5. The van der Waals surface area contributed by atoms with E-state index in [9.17, 15) is 22.8 Å². The Morgan fingerprint density at radius 3 is 2.63 bits per heavy atom. The fraction of sp³-hybridized carbons (Fsp3) is 0.190. The highest BCUT2D eigenvalue weighted by atomic mass is 79.9. The second kappa shape index (κ2) is 9.30. The van der Waals surface area contributed by atoms with Crippen LogP contribution in [0.3, 0.4) is 0 Å². The topological polar surface area (TPSA) is 118 Å². The van der Waals surface area contributed by atoms with Gasteiger partial charge in [0.2, 0.25) is 0 Å². The molecule has 2 amide bonds. The molecule has 4 aromatic rings. The number of carbonyl (C=O) groups is 2. The first-order valence-corrected chi connectivity index (χ1v) is 11.2. The number of nitrogens with zero attached hydrogens (tertiary/aromatic N) is 4. The smallest absolute Gasteiger partial charge is 0.350 e. The zero-order valence-electron chi connectivity index (χ0n) is 18.0. The largest absolute Gasteiger partial charge is 0.435 e. The SMILES string of the molecule is CC(C)NC(=O)c1c(NC(=O)c2cc(C(F)(F)F)nn2-c2ncccc2Cl)c(Br)cc2cn[nH]c12. The molecule has 0 aliphatic rings. The summed E-state index contributed by atoms with van der Waals surface area (Å²) in [4.78, 5) is 30.3. The van der Waals surface area contributed by atoms with Gasteiger partial charge in [0.1, 0.15) is 5.69 Å². The van der Waals surface area contributed by atoms with Crippen molar-refractivity contribution in [1.29, 1.82) is 0 Å². The highest BCUT2D eigenvalue weighted by Gasteiger charge is 2.37. The standard InChI is InChI=1S/C21H16BrClF3N7O2/c1-9(2)29-20(35)15-16-10(8-28-31-16)6-11(22)17(15)30-19(34)13-7-14(21(24,25)26)32-33(13)18-12(23)4-3-5-27-18/h3-9H,1-2H3,(H,28,31)(H,29,35)(H,30,34). The van der Waals surface area contributed by atoms with Crippen LogP contribution in [-0.4, -0.2) is 42.8 Å². The number of H-pyrrole nitrogens is 1. The average molecular weight is 571 g/mol. The Morgan fingerprint density at radius 2 is 1.97 bits per heavy atom. The van der Waals surface area contributed by atoms with Crippen molar-refractivity contribution in [3.05, 3.63) is 63.1 Å². The molecule has 14 heteroatoms. The maximum atomic E-state index is 13.4. The normalized spacial score (nSPS) is 11.8. The van der Waals surface area contributed by atoms with E-state index in [4.69, 9.17) is 11.6 Å². The van der Waals surface area contributed by atoms with Crippen molar-refractivity contribution >= 4 is 55.9 Å². The van der Waals surface area contributed by atoms with Gasteiger partial charge in [-0.05, 0) is 48.0 Å². The number of fused-ring (bicyclic) bond motifs is 1. The number of alkyl halides is 3. The number of aromatic amines is 1. The summed E-state index contributed by atoms with van der Waals surface area (Å²) in [7, 11) is 0. The predicted molar refractivity (Wildman–Crippen MR) is 126 cm³/mol. The van der Waals surface area contributed by atoms with Gasteiger partial charge in [-0.2, -0.15) is 23.4 Å². The van der Waals surface area contributed by atoms with E-state index >= 15 is 0 Å². The van der Waals surface area contributed by atoms with Crippen LogP contribution in [-0.2, 0) is 6.18 Å². The van der Waals surface area contributed by atoms with Crippen LogP contribution in [0.5, 0.6) is 0 Å². The number of pyridine rings is 1. The van der Waals surface area contributed by atoms with E-state index in [0.717, 1.165) is 0 Å². The van der Waals surface area contributed by atoms with Gasteiger partial charge in [-0.15, -0.1) is 0 Å². The number of aromatic nitrogens is 5. The summed E-state index contributed by atoms with van der Waals surface area (Å²) in [6.45, 7) is 3.51. The maximum absolute atomic E-state index is 13.4. The van der Waals surface area contributed by atoms with Crippen LogP contribution in [0.15, 0.2) is 41.1 Å². The molecule has 0 saturated heterocycles. The van der Waals surface area contributed by atoms with E-state index < -0.39 is 29.4 Å². The van der Waals surface area contributed by atoms with E-state index in [1.54, 1.807) is 19.9 Å². The van der Waals surface area contributed by atoms with Crippen LogP contribution in [0.25, 0.3) is 16.7 Å². The van der Waals surface area contributed by atoms with Gasteiger partial charge < -0.3 is 10.6 Å². The summed E-state index contributed by atoms with van der Waals surface area (Å²) in [5.41, 5.74) is -1.40. The molecule has 0 saturated carbocycles. The van der Waals surface area contributed by atoms with Crippen LogP contribution in [0.4, 0.5) is 18.9 Å². The van der Waals surface area contributed by atoms with Crippen LogP contribution >= 0.6 is 27.5 Å². The first-order valence-electron chi connectivity index (χ1n) is 10.0. The van der Waals surface area contributed by atoms with E-state index in [1.807, 2.05) is 0 Å². The molecule has 1 aromatic carbocycles. The van der Waals surface area contributed by atoms with Crippen molar-refractivity contribution in [2.75, 3.05) is 5.32 Å². The predicted octanol–water partition coefficient (Wildman–Crippen LogP) is 4.97. The van der Waals surface area contributed by atoms with Crippen molar-refractivity contribution < 1.29 is 22.8 Å². The molecule has 182 valence electrons. The Hall–Kier alpha value is -3.45. The summed E-state index contributed by atoms with van der Waals surface area (Å²) in [6.07, 6.45) is -2.04. The monoisotopic (exact) mass is 569 g/mol. The number of rotatable bonds is 5. The quantitative estimate of drug-likeness (QED) is 0.313. The summed E-state index contributed by atoms with van der Waals surface area (Å²) in [5.74, 6) is -1.67. The summed E-state index contributed by atoms with van der Waals surface area (Å²) >= 11 is 9.43. The molecule has 0 spiro atoms. The molecule has 3 heterocycles. The molecule has 0 radical (unpaired) electrons. The minimum absolute atomic E-state index is 0.0181. The number of hydrogen-bond acceptors (Lipinski definition) is 5. The van der Waals surface area contributed by atoms with Crippen molar-refractivity contribution in [3.8, 4) is 5.82 Å². The first-order chi connectivity index (χ1) is 16.5. The second-order valence-corrected chi connectivity index (χ2v) is 8.92. The molecule has 0 aliphatic carbocycles. The Balaban J connectivity index is 1.84. The van der Waals surface area contributed by atoms with Crippen molar-refractivity contribution in [2.45, 2.75) is 26.1 Å². The minimum atomic E-state index is -4.83. The van der Waals surface area contributed by atoms with Gasteiger partial charge in [0.15, 0.2) is 11.5 Å². The van der Waals surface area contributed by atoms with Gasteiger partial charge in [-0.3, -0.25) is 14.7 Å². The van der Waals surface area contributed by atoms with E-state index in [-0.39, 0.29) is 28.1 Å². The highest BCUT2D eigenvalue weighted by molar-refractivity contribution is 9.10. The van der Waals surface area contributed by atoms with Gasteiger partial charge >= 0.3 is 6.18 Å². The number of nitrogens with one attached hydrogen (secondary N) is 3. The molecule has 0 aliphatic heterocycles. The van der Waals surface area contributed by atoms with E-state index in [0.29, 0.717) is 26.1 Å². The maximum Gasteiger partial charge on any atom is 0.435 e. The van der Waals surface area contributed by atoms with Gasteiger partial charge in [-0.25, -0.2) is 9.67 Å². The van der Waals surface area contributed by atoms with Crippen LogP contribution < -0.4 is 10.6 Å². The molecule has 0 bridgehead atoms. The third kappa shape index (κ3) is 4.86. The van der Waals surface area contributed by atoms with Crippen LogP contribution in [0, 0.1) is 0 Å². The molecule has 0 atom stereocenters. The molecular weight excluding hydrogens is 555 g/mol. The van der Waals surface area contributed by atoms with Crippen LogP contribution in [0.2, 0.25) is 5.02 Å². The lowest BCUT2D eigenvalue weighted by molar-refractivity contribution is -0.141. The molecule has 3 N–H and O–H groups in total. The average Bonchev–Trinajstić information content (AvgIpc) is 3.41. The Labute approximate surface area is 209 Å². The molecule has 4 rings (SSSR count). The van der Waals surface area contributed by atoms with Gasteiger partial charge in [-0.1, -0.05) is 11.6 Å². The summed E-state index contributed by atoms with van der Waals surface area (Å²) < 4.78 is 41.4. The number of anilines is 1. The molecular formula is C21H16BrClF3N7O2. The third-order valence-corrected chi connectivity index (χ3v) is 5.67. The molecule has 0 unspecified atom stereocenters. The number of carbonyl (C=O) groups excluding carboxylic acids is 2. The van der Waals surface area contributed by atoms with Gasteiger partial charge in [0.05, 0.1) is 28.0 Å². The first kappa shape index (κ1) is 24.7. The number of amides is 2. The molecule has 35 heavy (non-hydrogen) atoms. The lowest BCUT2D eigenvalue weighted by atomic mass is 10.1. The van der Waals surface area contributed by atoms with E-state index in [2.05, 4.69) is 46.8 Å². The van der Waals surface area contributed by atoms with Gasteiger partial charge in [0, 0.05) is 28.2 Å². The highest BCUT2D eigenvalue weighted by Crippen LogP contribution is 2.35. The minimum Gasteiger partial charge on any atom is -0.350 e. The Bertz CT molecular complexity index is 1450. The Morgan fingerprint density at radius 1 is 1.23 bits per heavy atom. The number of benzene rings is 1. The summed E-state index contributed by atoms with van der Waals surface area (Å²) in [6, 6.07) is 4.84. The van der Waals surface area contributed by atoms with E-state index in [1.165, 1.54) is 24.5 Å². The Kier molecular flexibility index (Phi) is 6.56. The number of hydrogen-bond donors (Lipinski definition) is 3. The van der Waals surface area contributed by atoms with Gasteiger partial charge in [0.25, 0.3) is 11.8 Å². The molecule has 3 aromatic heterocycles. The third-order valence-electron chi connectivity index (χ3n) is 4.75. The zero-order valence-corrected chi connectivity index (χ0v) is 20.4. The summed E-state index contributed by atoms with van der Waals surface area (Å²) in [5, 5.41) is 16.0. The lowest BCUT2D eigenvalue weighted by Gasteiger charge is -2.16. The molecule has 0 fully saturated rings. The fourth-order valence-corrected chi connectivity index (χ4v) is 4.04. The second-order valence-electron chi connectivity index (χ2n) is 7.66. The lowest BCUT2D eigenvalue weighted by Crippen LogP contribution is -2.31. The molecule has 9 nitrogen and oxygen atoms in total. The fourth-order valence-electron chi connectivity index (χ4n) is 3.30. The zero-order chi connectivity index (χ0) is 25.5. The van der Waals surface area contributed by atoms with Crippen molar-refractivity contribution in [3.63, 3.8) is 0 Å². The van der Waals surface area contributed by atoms with Crippen LogP contribution in [0.1, 0.15) is 40.4 Å². The van der Waals surface area contributed by atoms with Crippen molar-refractivity contribution in [1.82, 2.24) is 30.3 Å².